The SMILES string of the molecule is FC(F)(F)c1scc(N2CC2)c1-c1ccccc1. The van der Waals surface area contributed by atoms with E-state index in [1.165, 1.54) is 0 Å². The van der Waals surface area contributed by atoms with Crippen LogP contribution in [0.2, 0.25) is 0 Å². The minimum Gasteiger partial charge on any atom is -0.367 e. The lowest BCUT2D eigenvalue weighted by molar-refractivity contribution is -0.133. The minimum atomic E-state index is -4.29. The zero-order chi connectivity index (χ0) is 12.8. The number of hydrogen-bond donors (Lipinski definition) is 0. The summed E-state index contributed by atoms with van der Waals surface area (Å²) in [4.78, 5) is 1.45. The van der Waals surface area contributed by atoms with E-state index < -0.39 is 11.1 Å². The molecule has 0 saturated carbocycles. The summed E-state index contributed by atoms with van der Waals surface area (Å²) >= 11 is 0.780. The van der Waals surface area contributed by atoms with Gasteiger partial charge in [-0.15, -0.1) is 11.3 Å². The maximum atomic E-state index is 13.0. The first-order valence-electron chi connectivity index (χ1n) is 5.56. The minimum absolute atomic E-state index is 0.325. The zero-order valence-electron chi connectivity index (χ0n) is 9.37. The van der Waals surface area contributed by atoms with Gasteiger partial charge in [-0.1, -0.05) is 30.3 Å². The van der Waals surface area contributed by atoms with E-state index in [0.717, 1.165) is 24.4 Å². The van der Waals surface area contributed by atoms with E-state index in [0.29, 0.717) is 16.8 Å². The molecule has 1 aliphatic rings. The third-order valence-corrected chi connectivity index (χ3v) is 3.89. The molecule has 0 N–H and O–H groups in total. The molecule has 3 rings (SSSR count). The molecule has 1 aliphatic heterocycles. The van der Waals surface area contributed by atoms with Crippen LogP contribution in [-0.2, 0) is 6.18 Å². The average Bonchev–Trinajstić information content (AvgIpc) is 3.07. The number of thiophene rings is 1. The molecule has 0 unspecified atom stereocenters. The van der Waals surface area contributed by atoms with Gasteiger partial charge in [-0.3, -0.25) is 0 Å². The fourth-order valence-corrected chi connectivity index (χ4v) is 2.94. The first-order valence-corrected chi connectivity index (χ1v) is 6.44. The van der Waals surface area contributed by atoms with Crippen LogP contribution in [0.4, 0.5) is 18.9 Å². The van der Waals surface area contributed by atoms with Crippen LogP contribution in [-0.4, -0.2) is 13.1 Å². The Labute approximate surface area is 106 Å². The van der Waals surface area contributed by atoms with Crippen molar-refractivity contribution in [2.75, 3.05) is 18.0 Å². The van der Waals surface area contributed by atoms with Gasteiger partial charge in [-0.05, 0) is 5.56 Å². The highest BCUT2D eigenvalue weighted by atomic mass is 32.1. The summed E-state index contributed by atoms with van der Waals surface area (Å²) in [5, 5.41) is 1.61. The van der Waals surface area contributed by atoms with Crippen LogP contribution in [0.25, 0.3) is 11.1 Å². The molecule has 1 nitrogen and oxygen atoms in total. The summed E-state index contributed by atoms with van der Waals surface area (Å²) in [5.41, 5.74) is 1.66. The number of hydrogen-bond acceptors (Lipinski definition) is 2. The molecule has 0 atom stereocenters. The second kappa shape index (κ2) is 4.02. The highest BCUT2D eigenvalue weighted by Crippen LogP contribution is 2.47. The fraction of sp³-hybridized carbons (Fsp3) is 0.231. The van der Waals surface area contributed by atoms with Crippen LogP contribution in [0.15, 0.2) is 35.7 Å². The predicted octanol–water partition coefficient (Wildman–Crippen LogP) is 4.25. The monoisotopic (exact) mass is 269 g/mol. The molecule has 5 heteroatoms. The highest BCUT2D eigenvalue weighted by molar-refractivity contribution is 7.11. The van der Waals surface area contributed by atoms with Crippen LogP contribution >= 0.6 is 11.3 Å². The Morgan fingerprint density at radius 2 is 1.72 bits per heavy atom. The van der Waals surface area contributed by atoms with Crippen molar-refractivity contribution >= 4 is 17.0 Å². The van der Waals surface area contributed by atoms with E-state index in [4.69, 9.17) is 0 Å². The molecular formula is C13H10F3NS. The summed E-state index contributed by atoms with van der Waals surface area (Å²) in [7, 11) is 0. The molecule has 1 fully saturated rings. The van der Waals surface area contributed by atoms with Crippen molar-refractivity contribution in [2.45, 2.75) is 6.18 Å². The second-order valence-electron chi connectivity index (χ2n) is 4.18. The molecule has 1 saturated heterocycles. The average molecular weight is 269 g/mol. The van der Waals surface area contributed by atoms with Gasteiger partial charge >= 0.3 is 6.18 Å². The Hall–Kier alpha value is -1.49. The third-order valence-electron chi connectivity index (χ3n) is 2.88. The van der Waals surface area contributed by atoms with Crippen molar-refractivity contribution in [1.82, 2.24) is 0 Å². The number of benzene rings is 1. The maximum absolute atomic E-state index is 13.0. The van der Waals surface area contributed by atoms with Gasteiger partial charge in [0.25, 0.3) is 0 Å². The van der Waals surface area contributed by atoms with Gasteiger partial charge in [-0.2, -0.15) is 13.2 Å². The van der Waals surface area contributed by atoms with Crippen molar-refractivity contribution in [3.8, 4) is 11.1 Å². The maximum Gasteiger partial charge on any atom is 0.426 e. The lowest BCUT2D eigenvalue weighted by atomic mass is 10.0. The van der Waals surface area contributed by atoms with Crippen molar-refractivity contribution < 1.29 is 13.2 Å². The molecule has 1 aromatic heterocycles. The summed E-state index contributed by atoms with van der Waals surface area (Å²) in [6.07, 6.45) is -4.29. The van der Waals surface area contributed by atoms with Crippen LogP contribution < -0.4 is 4.90 Å². The molecule has 18 heavy (non-hydrogen) atoms. The first kappa shape index (κ1) is 11.6. The Balaban J connectivity index is 2.18. The Kier molecular flexibility index (Phi) is 2.59. The highest BCUT2D eigenvalue weighted by Gasteiger charge is 2.38. The van der Waals surface area contributed by atoms with Gasteiger partial charge in [0.15, 0.2) is 0 Å². The second-order valence-corrected chi connectivity index (χ2v) is 5.06. The van der Waals surface area contributed by atoms with Gasteiger partial charge in [-0.25, -0.2) is 0 Å². The van der Waals surface area contributed by atoms with E-state index in [1.54, 1.807) is 35.7 Å². The molecule has 0 bridgehead atoms. The number of nitrogens with zero attached hydrogens (tertiary/aromatic N) is 1. The van der Waals surface area contributed by atoms with E-state index in [1.807, 2.05) is 4.90 Å². The Morgan fingerprint density at radius 3 is 2.28 bits per heavy atom. The molecule has 2 aromatic rings. The lowest BCUT2D eigenvalue weighted by Gasteiger charge is -2.11. The lowest BCUT2D eigenvalue weighted by Crippen LogP contribution is -2.04. The number of rotatable bonds is 2. The largest absolute Gasteiger partial charge is 0.426 e. The van der Waals surface area contributed by atoms with Crippen molar-refractivity contribution in [3.63, 3.8) is 0 Å². The van der Waals surface area contributed by atoms with Gasteiger partial charge in [0, 0.05) is 24.0 Å². The van der Waals surface area contributed by atoms with E-state index in [2.05, 4.69) is 0 Å². The molecule has 0 spiro atoms. The first-order chi connectivity index (χ1) is 8.57. The zero-order valence-corrected chi connectivity index (χ0v) is 10.2. The summed E-state index contributed by atoms with van der Waals surface area (Å²) in [6.45, 7) is 1.68. The van der Waals surface area contributed by atoms with Crippen molar-refractivity contribution in [2.24, 2.45) is 0 Å². The van der Waals surface area contributed by atoms with Crippen LogP contribution in [0.5, 0.6) is 0 Å². The van der Waals surface area contributed by atoms with Crippen LogP contribution in [0, 0.1) is 0 Å². The summed E-state index contributed by atoms with van der Waals surface area (Å²) in [5.74, 6) is 0. The van der Waals surface area contributed by atoms with E-state index >= 15 is 0 Å². The van der Waals surface area contributed by atoms with Crippen LogP contribution in [0.1, 0.15) is 4.88 Å². The van der Waals surface area contributed by atoms with Crippen LogP contribution in [0.3, 0.4) is 0 Å². The molecule has 0 radical (unpaired) electrons. The van der Waals surface area contributed by atoms with Gasteiger partial charge in [0.05, 0.1) is 5.69 Å². The quantitative estimate of drug-likeness (QED) is 0.736. The van der Waals surface area contributed by atoms with Gasteiger partial charge in [0.2, 0.25) is 0 Å². The molecule has 94 valence electrons. The normalized spacial score (nSPS) is 14.9. The Bertz CT molecular complexity index is 555. The Morgan fingerprint density at radius 1 is 1.06 bits per heavy atom. The van der Waals surface area contributed by atoms with E-state index in [9.17, 15) is 13.2 Å². The third kappa shape index (κ3) is 1.99. The predicted molar refractivity (Wildman–Crippen MR) is 67.0 cm³/mol. The van der Waals surface area contributed by atoms with E-state index in [-0.39, 0.29) is 0 Å². The molecule has 0 amide bonds. The molecule has 2 heterocycles. The summed E-state index contributed by atoms with van der Waals surface area (Å²) in [6, 6.07) is 8.78. The van der Waals surface area contributed by atoms with Gasteiger partial charge < -0.3 is 4.90 Å². The van der Waals surface area contributed by atoms with Crippen molar-refractivity contribution in [3.05, 3.63) is 40.6 Å². The van der Waals surface area contributed by atoms with Crippen molar-refractivity contribution in [1.29, 1.82) is 0 Å². The number of anilines is 1. The molecule has 0 aliphatic carbocycles. The fourth-order valence-electron chi connectivity index (χ4n) is 1.96. The molecule has 1 aromatic carbocycles. The molecular weight excluding hydrogens is 259 g/mol. The smallest absolute Gasteiger partial charge is 0.367 e. The standard InChI is InChI=1S/C13H10F3NS/c14-13(15,16)12-11(9-4-2-1-3-5-9)10(8-18-12)17-6-7-17/h1-5,8H,6-7H2. The summed E-state index contributed by atoms with van der Waals surface area (Å²) < 4.78 is 39.1. The number of halogens is 3. The number of alkyl halides is 3. The van der Waals surface area contributed by atoms with Gasteiger partial charge in [0.1, 0.15) is 4.88 Å². The topological polar surface area (TPSA) is 3.01 Å².